The molecule has 0 radical (unpaired) electrons. The van der Waals surface area contributed by atoms with Gasteiger partial charge in [-0.15, -0.1) is 0 Å². The molecule has 6 nitrogen and oxygen atoms in total. The highest BCUT2D eigenvalue weighted by atomic mass is 32.8. The largest absolute Gasteiger partial charge is 0.495 e. The maximum absolute atomic E-state index is 5.90. The monoisotopic (exact) mass is 635 g/mol. The van der Waals surface area contributed by atoms with E-state index < -0.39 is 0 Å². The minimum Gasteiger partial charge on any atom is -0.495 e. The number of benzene rings is 2. The van der Waals surface area contributed by atoms with Crippen molar-refractivity contribution in [2.45, 2.75) is 103 Å². The van der Waals surface area contributed by atoms with Crippen molar-refractivity contribution in [2.24, 2.45) is 5.92 Å². The van der Waals surface area contributed by atoms with Gasteiger partial charge in [-0.1, -0.05) is 75.0 Å². The van der Waals surface area contributed by atoms with Crippen LogP contribution in [0.4, 0.5) is 23.1 Å². The van der Waals surface area contributed by atoms with E-state index in [-0.39, 0.29) is 9.45 Å². The number of hydrogen-bond acceptors (Lipinski definition) is 7. The Morgan fingerprint density at radius 2 is 1.77 bits per heavy atom. The third kappa shape index (κ3) is 9.01. The summed E-state index contributed by atoms with van der Waals surface area (Å²) in [5.74, 6) is 3.51. The molecule has 44 heavy (non-hydrogen) atoms. The van der Waals surface area contributed by atoms with E-state index >= 15 is 0 Å². The second-order valence-electron chi connectivity index (χ2n) is 12.6. The van der Waals surface area contributed by atoms with Crippen LogP contribution in [0, 0.1) is 19.8 Å². The van der Waals surface area contributed by atoms with Gasteiger partial charge in [0.05, 0.1) is 18.5 Å². The van der Waals surface area contributed by atoms with Crippen LogP contribution in [0.5, 0.6) is 5.75 Å². The van der Waals surface area contributed by atoms with Crippen molar-refractivity contribution < 1.29 is 4.74 Å². The highest BCUT2D eigenvalue weighted by Gasteiger charge is 2.25. The molecule has 0 saturated carbocycles. The molecule has 0 aliphatic carbocycles. The van der Waals surface area contributed by atoms with E-state index in [0.717, 1.165) is 39.3 Å². The molecule has 2 N–H and O–H groups in total. The molecule has 3 aromatic rings. The number of aryl methyl sites for hydroxylation is 2. The minimum absolute atomic E-state index is 0.290. The molecule has 0 bridgehead atoms. The van der Waals surface area contributed by atoms with E-state index in [1.165, 1.54) is 75.7 Å². The van der Waals surface area contributed by atoms with Crippen molar-refractivity contribution in [3.63, 3.8) is 0 Å². The van der Waals surface area contributed by atoms with Crippen LogP contribution < -0.4 is 15.4 Å². The van der Waals surface area contributed by atoms with Crippen LogP contribution in [0.25, 0.3) is 0 Å². The van der Waals surface area contributed by atoms with Crippen LogP contribution in [0.2, 0.25) is 0 Å². The zero-order valence-electron chi connectivity index (χ0n) is 27.9. The van der Waals surface area contributed by atoms with Crippen molar-refractivity contribution >= 4 is 43.8 Å². The van der Waals surface area contributed by atoms with Gasteiger partial charge in [-0.2, -0.15) is 4.98 Å². The summed E-state index contributed by atoms with van der Waals surface area (Å²) in [6, 6.07) is 12.7. The first-order valence-electron chi connectivity index (χ1n) is 16.5. The average molecular weight is 636 g/mol. The van der Waals surface area contributed by atoms with Gasteiger partial charge in [0.25, 0.3) is 0 Å². The smallest absolute Gasteiger partial charge is 0.229 e. The SMILES string of the molecule is CCCCC[C@H](CC)CN1CCC(c2cc(OC)c(Nc3ncc(C)c(Nc4ccccc4S(=S)C(C)C)n3)cc2C)CC1. The summed E-state index contributed by atoms with van der Waals surface area (Å²) in [5, 5.41) is 7.37. The maximum atomic E-state index is 5.90. The van der Waals surface area contributed by atoms with Crippen LogP contribution >= 0.6 is 0 Å². The van der Waals surface area contributed by atoms with Gasteiger partial charge in [-0.3, -0.25) is 0 Å². The number of nitrogens with one attached hydrogen (secondary N) is 2. The molecule has 4 rings (SSSR count). The van der Waals surface area contributed by atoms with E-state index in [0.29, 0.717) is 17.1 Å². The van der Waals surface area contributed by atoms with Gasteiger partial charge < -0.3 is 20.3 Å². The molecular weight excluding hydrogens is 583 g/mol. The van der Waals surface area contributed by atoms with Crippen LogP contribution in [-0.2, 0) is 20.6 Å². The lowest BCUT2D eigenvalue weighted by Crippen LogP contribution is -2.36. The van der Waals surface area contributed by atoms with Gasteiger partial charge >= 0.3 is 0 Å². The third-order valence-corrected chi connectivity index (χ3v) is 12.3. The van der Waals surface area contributed by atoms with Crippen LogP contribution in [0.15, 0.2) is 47.5 Å². The van der Waals surface area contributed by atoms with Crippen molar-refractivity contribution in [3.8, 4) is 5.75 Å². The van der Waals surface area contributed by atoms with Crippen LogP contribution in [0.3, 0.4) is 0 Å². The Labute approximate surface area is 273 Å². The average Bonchev–Trinajstić information content (AvgIpc) is 3.02. The quantitative estimate of drug-likeness (QED) is 0.161. The Morgan fingerprint density at radius 3 is 2.45 bits per heavy atom. The summed E-state index contributed by atoms with van der Waals surface area (Å²) in [6.07, 6.45) is 10.9. The summed E-state index contributed by atoms with van der Waals surface area (Å²) >= 11 is 5.85. The van der Waals surface area contributed by atoms with Gasteiger partial charge in [0.1, 0.15) is 11.6 Å². The van der Waals surface area contributed by atoms with Gasteiger partial charge in [-0.25, -0.2) is 4.98 Å². The number of anilines is 4. The molecule has 2 heterocycles. The Kier molecular flexibility index (Phi) is 13.0. The molecular formula is C36H53N5OS2. The number of para-hydroxylation sites is 1. The first-order valence-corrected chi connectivity index (χ1v) is 18.7. The second kappa shape index (κ2) is 16.7. The predicted molar refractivity (Wildman–Crippen MR) is 192 cm³/mol. The van der Waals surface area contributed by atoms with E-state index in [4.69, 9.17) is 20.9 Å². The summed E-state index contributed by atoms with van der Waals surface area (Å²) in [4.78, 5) is 13.3. The van der Waals surface area contributed by atoms with Crippen molar-refractivity contribution in [3.05, 3.63) is 59.3 Å². The lowest BCUT2D eigenvalue weighted by Gasteiger charge is -2.35. The lowest BCUT2D eigenvalue weighted by atomic mass is 9.86. The molecule has 1 fully saturated rings. The first kappa shape index (κ1) is 34.3. The molecule has 1 unspecified atom stereocenters. The molecule has 1 aromatic heterocycles. The Morgan fingerprint density at radius 1 is 1.02 bits per heavy atom. The van der Waals surface area contributed by atoms with Crippen molar-refractivity contribution in [2.75, 3.05) is 37.4 Å². The molecule has 8 heteroatoms. The predicted octanol–water partition coefficient (Wildman–Crippen LogP) is 9.22. The minimum atomic E-state index is -0.290. The van der Waals surface area contributed by atoms with Gasteiger partial charge in [-0.05, 0) is 105 Å². The summed E-state index contributed by atoms with van der Waals surface area (Å²) in [5.41, 5.74) is 5.53. The third-order valence-electron chi connectivity index (χ3n) is 8.93. The standard InChI is InChI=1S/C36H53N5OS2/c1-8-10-11-14-28(9-2)24-41-19-17-29(18-20-41)30-22-33(42-7)32(21-26(30)5)39-36-37-23-27(6)35(40-36)38-31-15-12-13-16-34(31)44(43)25(3)4/h12-13,15-16,21-23,25,28-29H,8-11,14,17-20,24H2,1-7H3,(H2,37,38,39,40)/t28-,44?/m0/s1. The summed E-state index contributed by atoms with van der Waals surface area (Å²) in [7, 11) is 1.45. The summed E-state index contributed by atoms with van der Waals surface area (Å²) < 4.78 is 5.90. The van der Waals surface area contributed by atoms with Crippen LogP contribution in [0.1, 0.15) is 95.2 Å². The fourth-order valence-electron chi connectivity index (χ4n) is 6.19. The number of ether oxygens (including phenoxy) is 1. The number of piperidine rings is 1. The van der Waals surface area contributed by atoms with Crippen molar-refractivity contribution in [1.82, 2.24) is 14.9 Å². The maximum Gasteiger partial charge on any atom is 0.229 e. The fourth-order valence-corrected chi connectivity index (χ4v) is 7.68. The highest BCUT2D eigenvalue weighted by Crippen LogP contribution is 2.38. The van der Waals surface area contributed by atoms with E-state index in [1.54, 1.807) is 7.11 Å². The van der Waals surface area contributed by atoms with E-state index in [2.05, 4.69) is 79.4 Å². The molecule has 1 saturated heterocycles. The lowest BCUT2D eigenvalue weighted by molar-refractivity contribution is 0.175. The molecule has 0 spiro atoms. The van der Waals surface area contributed by atoms with Gasteiger partial charge in [0, 0.05) is 28.5 Å². The number of aromatic nitrogens is 2. The molecule has 240 valence electrons. The molecule has 1 aliphatic heterocycles. The molecule has 2 aromatic carbocycles. The number of rotatable bonds is 15. The first-order chi connectivity index (χ1) is 21.2. The Balaban J connectivity index is 1.45. The number of nitrogens with zero attached hydrogens (tertiary/aromatic N) is 3. The Hall–Kier alpha value is -2.55. The second-order valence-corrected chi connectivity index (χ2v) is 15.6. The Bertz CT molecular complexity index is 1390. The zero-order chi connectivity index (χ0) is 31.6. The number of unbranched alkanes of at least 4 members (excludes halogenated alkanes) is 2. The zero-order valence-corrected chi connectivity index (χ0v) is 29.5. The number of likely N-dealkylation sites (tertiary alicyclic amines) is 1. The molecule has 0 amide bonds. The molecule has 2 atom stereocenters. The topological polar surface area (TPSA) is 62.3 Å². The fraction of sp³-hybridized carbons (Fsp3) is 0.556. The van der Waals surface area contributed by atoms with Gasteiger partial charge in [0.2, 0.25) is 5.95 Å². The normalized spacial score (nSPS) is 15.7. The van der Waals surface area contributed by atoms with Gasteiger partial charge in [0.15, 0.2) is 0 Å². The summed E-state index contributed by atoms with van der Waals surface area (Å²) in [6.45, 7) is 16.8. The highest BCUT2D eigenvalue weighted by molar-refractivity contribution is 8.29. The van der Waals surface area contributed by atoms with E-state index in [1.807, 2.05) is 25.3 Å². The number of methoxy groups -OCH3 is 1. The van der Waals surface area contributed by atoms with E-state index in [9.17, 15) is 0 Å². The molecule has 1 aliphatic rings. The van der Waals surface area contributed by atoms with Crippen LogP contribution in [-0.4, -0.2) is 46.9 Å². The number of hydrogen-bond donors (Lipinski definition) is 2. The van der Waals surface area contributed by atoms with Crippen molar-refractivity contribution in [1.29, 1.82) is 0 Å².